The Balaban J connectivity index is 2.60. The molecule has 2 aromatic rings. The Morgan fingerprint density at radius 3 is 2.77 bits per heavy atom. The van der Waals surface area contributed by atoms with Crippen molar-refractivity contribution in [2.75, 3.05) is 6.54 Å². The molecule has 2 heteroatoms. The molecule has 0 radical (unpaired) electrons. The third kappa shape index (κ3) is 1.33. The van der Waals surface area contributed by atoms with Gasteiger partial charge < -0.3 is 10.2 Å². The Labute approximate surface area is 77.3 Å². The first-order valence-corrected chi connectivity index (χ1v) is 4.50. The number of rotatable bonds is 2. The zero-order chi connectivity index (χ0) is 9.26. The van der Waals surface area contributed by atoms with Gasteiger partial charge in [0.1, 0.15) is 11.3 Å². The first kappa shape index (κ1) is 8.32. The molecular formula is C11H13NO. The van der Waals surface area contributed by atoms with Crippen LogP contribution in [0.1, 0.15) is 11.3 Å². The summed E-state index contributed by atoms with van der Waals surface area (Å²) in [6.45, 7) is 2.72. The lowest BCUT2D eigenvalue weighted by molar-refractivity contribution is 0.546. The first-order valence-electron chi connectivity index (χ1n) is 4.50. The van der Waals surface area contributed by atoms with E-state index in [-0.39, 0.29) is 0 Å². The van der Waals surface area contributed by atoms with Crippen molar-refractivity contribution < 1.29 is 4.42 Å². The molecular weight excluding hydrogens is 162 g/mol. The van der Waals surface area contributed by atoms with E-state index in [2.05, 4.69) is 13.0 Å². The van der Waals surface area contributed by atoms with Gasteiger partial charge in [-0.3, -0.25) is 0 Å². The summed E-state index contributed by atoms with van der Waals surface area (Å²) in [5.74, 6) is 1.02. The van der Waals surface area contributed by atoms with E-state index in [1.165, 1.54) is 10.9 Å². The molecule has 2 N–H and O–H groups in total. The largest absolute Gasteiger partial charge is 0.461 e. The van der Waals surface area contributed by atoms with Gasteiger partial charge in [0.05, 0.1) is 0 Å². The molecule has 0 bridgehead atoms. The van der Waals surface area contributed by atoms with Gasteiger partial charge in [0, 0.05) is 11.8 Å². The van der Waals surface area contributed by atoms with E-state index < -0.39 is 0 Å². The van der Waals surface area contributed by atoms with Crippen molar-refractivity contribution in [2.24, 2.45) is 5.73 Å². The quantitative estimate of drug-likeness (QED) is 0.760. The summed E-state index contributed by atoms with van der Waals surface area (Å²) >= 11 is 0. The third-order valence-electron chi connectivity index (χ3n) is 2.31. The number of furan rings is 1. The highest BCUT2D eigenvalue weighted by molar-refractivity contribution is 5.81. The number of aryl methyl sites for hydroxylation is 1. The van der Waals surface area contributed by atoms with Crippen molar-refractivity contribution in [3.05, 3.63) is 35.6 Å². The summed E-state index contributed by atoms with van der Waals surface area (Å²) < 4.78 is 5.66. The second-order valence-corrected chi connectivity index (χ2v) is 3.19. The molecule has 0 amide bonds. The number of para-hydroxylation sites is 1. The summed E-state index contributed by atoms with van der Waals surface area (Å²) in [4.78, 5) is 0. The highest BCUT2D eigenvalue weighted by atomic mass is 16.3. The molecule has 0 saturated carbocycles. The van der Waals surface area contributed by atoms with Gasteiger partial charge in [-0.15, -0.1) is 0 Å². The van der Waals surface area contributed by atoms with E-state index in [0.29, 0.717) is 6.54 Å². The van der Waals surface area contributed by atoms with Gasteiger partial charge in [-0.2, -0.15) is 0 Å². The third-order valence-corrected chi connectivity index (χ3v) is 2.31. The van der Waals surface area contributed by atoms with Crippen molar-refractivity contribution in [2.45, 2.75) is 13.3 Å². The van der Waals surface area contributed by atoms with Gasteiger partial charge >= 0.3 is 0 Å². The second kappa shape index (κ2) is 3.23. The Morgan fingerprint density at radius 1 is 1.31 bits per heavy atom. The SMILES string of the molecule is Cc1c(CCN)oc2ccccc12. The minimum Gasteiger partial charge on any atom is -0.461 e. The first-order chi connectivity index (χ1) is 6.33. The standard InChI is InChI=1S/C11H13NO/c1-8-9-4-2-3-5-11(9)13-10(8)6-7-12/h2-5H,6-7,12H2,1H3. The molecule has 0 saturated heterocycles. The maximum Gasteiger partial charge on any atom is 0.134 e. The van der Waals surface area contributed by atoms with Gasteiger partial charge in [0.2, 0.25) is 0 Å². The van der Waals surface area contributed by atoms with Crippen LogP contribution in [0.3, 0.4) is 0 Å². The minimum absolute atomic E-state index is 0.640. The predicted octanol–water partition coefficient (Wildman–Crippen LogP) is 2.24. The van der Waals surface area contributed by atoms with Crippen LogP contribution in [0.5, 0.6) is 0 Å². The summed E-state index contributed by atoms with van der Waals surface area (Å²) in [5.41, 5.74) is 7.68. The van der Waals surface area contributed by atoms with E-state index in [4.69, 9.17) is 10.2 Å². The lowest BCUT2D eigenvalue weighted by Gasteiger charge is -1.92. The van der Waals surface area contributed by atoms with Crippen LogP contribution in [-0.2, 0) is 6.42 Å². The maximum absolute atomic E-state index is 5.66. The van der Waals surface area contributed by atoms with E-state index in [9.17, 15) is 0 Å². The normalized spacial score (nSPS) is 10.9. The van der Waals surface area contributed by atoms with Crippen molar-refractivity contribution in [1.29, 1.82) is 0 Å². The number of fused-ring (bicyclic) bond motifs is 1. The Bertz CT molecular complexity index is 417. The number of hydrogen-bond donors (Lipinski definition) is 1. The fourth-order valence-electron chi connectivity index (χ4n) is 1.59. The van der Waals surface area contributed by atoms with Crippen LogP contribution in [0.15, 0.2) is 28.7 Å². The van der Waals surface area contributed by atoms with E-state index >= 15 is 0 Å². The zero-order valence-corrected chi connectivity index (χ0v) is 7.71. The molecule has 0 atom stereocenters. The van der Waals surface area contributed by atoms with Crippen LogP contribution >= 0.6 is 0 Å². The lowest BCUT2D eigenvalue weighted by Crippen LogP contribution is -2.02. The smallest absolute Gasteiger partial charge is 0.134 e. The number of hydrogen-bond acceptors (Lipinski definition) is 2. The highest BCUT2D eigenvalue weighted by Gasteiger charge is 2.07. The van der Waals surface area contributed by atoms with Gasteiger partial charge in [-0.25, -0.2) is 0 Å². The van der Waals surface area contributed by atoms with Crippen molar-refractivity contribution in [1.82, 2.24) is 0 Å². The van der Waals surface area contributed by atoms with Crippen molar-refractivity contribution in [3.63, 3.8) is 0 Å². The zero-order valence-electron chi connectivity index (χ0n) is 7.71. The van der Waals surface area contributed by atoms with Crippen LogP contribution in [-0.4, -0.2) is 6.54 Å². The van der Waals surface area contributed by atoms with Gasteiger partial charge in [0.25, 0.3) is 0 Å². The topological polar surface area (TPSA) is 39.2 Å². The fraction of sp³-hybridized carbons (Fsp3) is 0.273. The molecule has 13 heavy (non-hydrogen) atoms. The molecule has 0 aliphatic carbocycles. The van der Waals surface area contributed by atoms with Crippen molar-refractivity contribution in [3.8, 4) is 0 Å². The molecule has 0 spiro atoms. The average Bonchev–Trinajstić information content (AvgIpc) is 2.46. The van der Waals surface area contributed by atoms with E-state index in [1.54, 1.807) is 0 Å². The van der Waals surface area contributed by atoms with Gasteiger partial charge in [-0.05, 0) is 25.1 Å². The fourth-order valence-corrected chi connectivity index (χ4v) is 1.59. The Morgan fingerprint density at radius 2 is 2.08 bits per heavy atom. The van der Waals surface area contributed by atoms with Crippen molar-refractivity contribution >= 4 is 11.0 Å². The van der Waals surface area contributed by atoms with Crippen LogP contribution < -0.4 is 5.73 Å². The molecule has 0 aliphatic heterocycles. The van der Waals surface area contributed by atoms with E-state index in [1.807, 2.05) is 18.2 Å². The summed E-state index contributed by atoms with van der Waals surface area (Å²) in [5, 5.41) is 1.20. The maximum atomic E-state index is 5.66. The number of benzene rings is 1. The van der Waals surface area contributed by atoms with Crippen LogP contribution in [0.4, 0.5) is 0 Å². The molecule has 2 nitrogen and oxygen atoms in total. The molecule has 1 heterocycles. The summed E-state index contributed by atoms with van der Waals surface area (Å²) in [6.07, 6.45) is 0.820. The van der Waals surface area contributed by atoms with Crippen LogP contribution in [0.2, 0.25) is 0 Å². The molecule has 0 aliphatic rings. The van der Waals surface area contributed by atoms with Crippen LogP contribution in [0.25, 0.3) is 11.0 Å². The molecule has 1 aromatic heterocycles. The lowest BCUT2D eigenvalue weighted by atomic mass is 10.1. The Hall–Kier alpha value is -1.28. The second-order valence-electron chi connectivity index (χ2n) is 3.19. The Kier molecular flexibility index (Phi) is 2.07. The highest BCUT2D eigenvalue weighted by Crippen LogP contribution is 2.24. The molecule has 0 fully saturated rings. The minimum atomic E-state index is 0.640. The van der Waals surface area contributed by atoms with Gasteiger partial charge in [0.15, 0.2) is 0 Å². The summed E-state index contributed by atoms with van der Waals surface area (Å²) in [7, 11) is 0. The molecule has 1 aromatic carbocycles. The van der Waals surface area contributed by atoms with Gasteiger partial charge in [-0.1, -0.05) is 18.2 Å². The van der Waals surface area contributed by atoms with Crippen LogP contribution in [0, 0.1) is 6.92 Å². The number of nitrogens with two attached hydrogens (primary N) is 1. The monoisotopic (exact) mass is 175 g/mol. The average molecular weight is 175 g/mol. The molecule has 2 rings (SSSR count). The van der Waals surface area contributed by atoms with E-state index in [0.717, 1.165) is 17.8 Å². The molecule has 0 unspecified atom stereocenters. The molecule has 68 valence electrons. The summed E-state index contributed by atoms with van der Waals surface area (Å²) in [6, 6.07) is 8.07. The predicted molar refractivity (Wildman–Crippen MR) is 53.7 cm³/mol.